The van der Waals surface area contributed by atoms with E-state index in [1.807, 2.05) is 0 Å². The van der Waals surface area contributed by atoms with Crippen molar-refractivity contribution in [1.82, 2.24) is 0 Å². The highest BCUT2D eigenvalue weighted by Gasteiger charge is 2.18. The van der Waals surface area contributed by atoms with E-state index >= 15 is 0 Å². The largest absolute Gasteiger partial charge is 0.456 e. The Morgan fingerprint density at radius 2 is 0.974 bits per heavy atom. The number of benzene rings is 7. The SMILES string of the molecule is [2H]c1c([2H])c([2H])c(-c2c3c([2H])c([2H])c([2H])c([2H])c3c(-c3c([2H])c([2H])c4oc5c([2H])c([2H])c([2H])c([2H])c5c4c3[2H])c3c([2H])c(-c4ccccc4)c([2H])c([2H])c23)c([2H])c1[2H]. The Bertz CT molecular complexity index is 3180. The van der Waals surface area contributed by atoms with Gasteiger partial charge in [-0.15, -0.1) is 0 Å². The van der Waals surface area contributed by atoms with Gasteiger partial charge in [-0.05, 0) is 79.1 Å². The molecule has 1 heteroatoms. The first kappa shape index (κ1) is 10.2. The maximum Gasteiger partial charge on any atom is 0.135 e. The predicted octanol–water partition coefficient (Wildman–Crippen LogP) is 10.9. The summed E-state index contributed by atoms with van der Waals surface area (Å²) in [5, 5.41) is -2.62. The Morgan fingerprint density at radius 1 is 0.385 bits per heavy atom. The van der Waals surface area contributed by atoms with Crippen LogP contribution in [0.3, 0.4) is 0 Å². The van der Waals surface area contributed by atoms with Crippen molar-refractivity contribution < 1.29 is 30.5 Å². The third-order valence-corrected chi connectivity index (χ3v) is 6.45. The fraction of sp³-hybridized carbons (Fsp3) is 0. The molecule has 0 radical (unpaired) electrons. The van der Waals surface area contributed by atoms with Crippen molar-refractivity contribution in [1.29, 1.82) is 0 Å². The lowest BCUT2D eigenvalue weighted by atomic mass is 9.84. The molecule has 1 nitrogen and oxygen atoms in total. The summed E-state index contributed by atoms with van der Waals surface area (Å²) in [7, 11) is 0. The van der Waals surface area contributed by atoms with E-state index in [2.05, 4.69) is 0 Å². The average Bonchev–Trinajstić information content (AvgIpc) is 3.62. The Balaban J connectivity index is 1.78. The molecule has 0 spiro atoms. The molecule has 0 atom stereocenters. The highest BCUT2D eigenvalue weighted by molar-refractivity contribution is 6.22. The summed E-state index contributed by atoms with van der Waals surface area (Å²) in [6.45, 7) is 0. The number of rotatable bonds is 3. The van der Waals surface area contributed by atoms with Crippen molar-refractivity contribution >= 4 is 43.5 Å². The van der Waals surface area contributed by atoms with Crippen LogP contribution in [0.4, 0.5) is 0 Å². The van der Waals surface area contributed by atoms with Crippen LogP contribution in [0.2, 0.25) is 0 Å². The van der Waals surface area contributed by atoms with Gasteiger partial charge in [0.15, 0.2) is 0 Å². The second-order valence-corrected chi connectivity index (χ2v) is 8.63. The second kappa shape index (κ2) is 8.72. The number of para-hydroxylation sites is 1. The molecule has 0 amide bonds. The van der Waals surface area contributed by atoms with Crippen LogP contribution in [0.15, 0.2) is 150 Å². The van der Waals surface area contributed by atoms with Crippen molar-refractivity contribution in [3.63, 3.8) is 0 Å². The van der Waals surface area contributed by atoms with E-state index < -0.39 is 170 Å². The normalized spacial score (nSPS) is 18.4. The molecule has 182 valence electrons. The fourth-order valence-electron chi connectivity index (χ4n) is 4.77. The van der Waals surface area contributed by atoms with Crippen LogP contribution in [0.5, 0.6) is 0 Å². The maximum atomic E-state index is 9.78. The van der Waals surface area contributed by atoms with Crippen LogP contribution in [0.25, 0.3) is 76.9 Å². The summed E-state index contributed by atoms with van der Waals surface area (Å²) >= 11 is 0. The topological polar surface area (TPSA) is 13.1 Å². The van der Waals surface area contributed by atoms with Crippen LogP contribution in [-0.4, -0.2) is 0 Å². The molecule has 39 heavy (non-hydrogen) atoms. The van der Waals surface area contributed by atoms with Gasteiger partial charge in [-0.25, -0.2) is 0 Å². The molecular formula is C38H24O. The van der Waals surface area contributed by atoms with E-state index in [0.717, 1.165) is 0 Å². The van der Waals surface area contributed by atoms with Gasteiger partial charge < -0.3 is 4.42 Å². The summed E-state index contributed by atoms with van der Waals surface area (Å²) in [5.41, 5.74) is -2.94. The summed E-state index contributed by atoms with van der Waals surface area (Å²) < 4.78 is 175. The third kappa shape index (κ3) is 3.48. The molecule has 0 saturated carbocycles. The minimum absolute atomic E-state index is 0.167. The Morgan fingerprint density at radius 3 is 1.77 bits per heavy atom. The minimum Gasteiger partial charge on any atom is -0.456 e. The Hall–Kier alpha value is -5.14. The fourth-order valence-corrected chi connectivity index (χ4v) is 4.77. The van der Waals surface area contributed by atoms with Gasteiger partial charge in [-0.2, -0.15) is 0 Å². The lowest BCUT2D eigenvalue weighted by Gasteiger charge is -2.19. The van der Waals surface area contributed by atoms with E-state index in [1.54, 1.807) is 30.3 Å². The Kier molecular flexibility index (Phi) is 2.28. The van der Waals surface area contributed by atoms with Crippen molar-refractivity contribution in [3.05, 3.63) is 145 Å². The molecule has 0 N–H and O–H groups in total. The molecule has 0 fully saturated rings. The van der Waals surface area contributed by atoms with Gasteiger partial charge >= 0.3 is 0 Å². The zero-order valence-electron chi connectivity index (χ0n) is 38.8. The second-order valence-electron chi connectivity index (χ2n) is 8.63. The number of furan rings is 1. The zero-order valence-corrected chi connectivity index (χ0v) is 19.8. The molecule has 8 rings (SSSR count). The van der Waals surface area contributed by atoms with Gasteiger partial charge in [-0.1, -0.05) is 121 Å². The van der Waals surface area contributed by atoms with Crippen LogP contribution < -0.4 is 0 Å². The molecule has 1 heterocycles. The lowest BCUT2D eigenvalue weighted by molar-refractivity contribution is 0.669. The van der Waals surface area contributed by atoms with E-state index in [4.69, 9.17) is 20.9 Å². The summed E-state index contributed by atoms with van der Waals surface area (Å²) in [4.78, 5) is 0. The van der Waals surface area contributed by atoms with Crippen LogP contribution in [-0.2, 0) is 0 Å². The Labute approximate surface area is 253 Å². The van der Waals surface area contributed by atoms with E-state index in [0.29, 0.717) is 0 Å². The monoisotopic (exact) mass is 515 g/mol. The minimum atomic E-state index is -0.841. The van der Waals surface area contributed by atoms with E-state index in [9.17, 15) is 9.60 Å². The van der Waals surface area contributed by atoms with Crippen molar-refractivity contribution in [2.75, 3.05) is 0 Å². The van der Waals surface area contributed by atoms with Gasteiger partial charge in [0, 0.05) is 10.8 Å². The quantitative estimate of drug-likeness (QED) is 0.213. The molecule has 8 aromatic rings. The number of fused-ring (bicyclic) bond motifs is 5. The van der Waals surface area contributed by atoms with Gasteiger partial charge in [-0.3, -0.25) is 0 Å². The molecule has 0 unspecified atom stereocenters. The van der Waals surface area contributed by atoms with Crippen molar-refractivity contribution in [3.8, 4) is 33.4 Å². The zero-order chi connectivity index (χ0) is 42.3. The van der Waals surface area contributed by atoms with Crippen molar-refractivity contribution in [2.45, 2.75) is 0 Å². The predicted molar refractivity (Wildman–Crippen MR) is 165 cm³/mol. The van der Waals surface area contributed by atoms with Gasteiger partial charge in [0.2, 0.25) is 0 Å². The van der Waals surface area contributed by atoms with Gasteiger partial charge in [0.25, 0.3) is 0 Å². The van der Waals surface area contributed by atoms with Crippen LogP contribution in [0, 0.1) is 0 Å². The lowest BCUT2D eigenvalue weighted by Crippen LogP contribution is -1.91. The molecule has 0 aliphatic rings. The molecule has 7 aromatic carbocycles. The molecular weight excluding hydrogens is 472 g/mol. The van der Waals surface area contributed by atoms with Gasteiger partial charge in [0.05, 0.1) is 26.0 Å². The van der Waals surface area contributed by atoms with E-state index in [-0.39, 0.29) is 21.9 Å². The van der Waals surface area contributed by atoms with Gasteiger partial charge in [0.1, 0.15) is 11.2 Å². The van der Waals surface area contributed by atoms with Crippen LogP contribution >= 0.6 is 0 Å². The van der Waals surface area contributed by atoms with Crippen molar-refractivity contribution in [2.24, 2.45) is 0 Å². The first-order valence-electron chi connectivity index (χ1n) is 21.3. The molecule has 0 aliphatic heterocycles. The summed E-state index contributed by atoms with van der Waals surface area (Å²) in [6.07, 6.45) is 0. The van der Waals surface area contributed by atoms with E-state index in [1.165, 1.54) is 0 Å². The highest BCUT2D eigenvalue weighted by Crippen LogP contribution is 2.45. The molecule has 1 aromatic heterocycles. The van der Waals surface area contributed by atoms with Crippen LogP contribution in [0.1, 0.15) is 26.0 Å². The summed E-state index contributed by atoms with van der Waals surface area (Å²) in [6, 6.07) is -6.13. The maximum absolute atomic E-state index is 9.78. The molecule has 0 bridgehead atoms. The highest BCUT2D eigenvalue weighted by atomic mass is 16.3. The molecule has 0 saturated heterocycles. The average molecular weight is 516 g/mol. The standard InChI is InChI=1S/C38H24O/c1-3-11-25(12-4-1)27-19-21-32-34(23-27)38(28-20-22-36-33(24-28)29-15-9-10-18-35(29)39-36)31-17-8-7-16-30(31)37(32)26-13-5-2-6-14-26/h1-24H/i2D,5D,6D,7D,8D,9D,10D,13D,14D,15D,16D,17D,18D,19D,20D,21D,22D,23D,24D. The first-order chi connectivity index (χ1) is 27.3. The molecule has 0 aliphatic carbocycles. The first-order valence-corrected chi connectivity index (χ1v) is 11.8. The third-order valence-electron chi connectivity index (χ3n) is 6.45. The number of hydrogen-bond acceptors (Lipinski definition) is 1. The summed E-state index contributed by atoms with van der Waals surface area (Å²) in [5.74, 6) is 0. The number of hydrogen-bond donors (Lipinski definition) is 0. The smallest absolute Gasteiger partial charge is 0.135 e.